The molecule has 1 rings (SSSR count). The Bertz CT molecular complexity index is 347. The number of hydrogen-bond acceptors (Lipinski definition) is 3. The second-order valence-corrected chi connectivity index (χ2v) is 3.60. The van der Waals surface area contributed by atoms with Crippen molar-refractivity contribution in [3.63, 3.8) is 0 Å². The van der Waals surface area contributed by atoms with E-state index in [0.717, 1.165) is 12.0 Å². The number of carbonyl (C=O) groups excluding carboxylic acids is 1. The van der Waals surface area contributed by atoms with Gasteiger partial charge in [-0.25, -0.2) is 0 Å². The van der Waals surface area contributed by atoms with E-state index < -0.39 is 6.10 Å². The molecular formula is C13H18O3. The summed E-state index contributed by atoms with van der Waals surface area (Å²) in [5, 5.41) is 0. The van der Waals surface area contributed by atoms with Crippen LogP contribution in [0.5, 0.6) is 5.75 Å². The van der Waals surface area contributed by atoms with Crippen LogP contribution in [0.3, 0.4) is 0 Å². The minimum Gasteiger partial charge on any atom is -0.496 e. The fourth-order valence-electron chi connectivity index (χ4n) is 1.54. The number of ketones is 1. The molecule has 0 N–H and O–H groups in total. The first-order valence-electron chi connectivity index (χ1n) is 5.45. The highest BCUT2D eigenvalue weighted by atomic mass is 16.5. The molecule has 0 aliphatic rings. The molecule has 3 nitrogen and oxygen atoms in total. The van der Waals surface area contributed by atoms with Crippen molar-refractivity contribution < 1.29 is 14.3 Å². The van der Waals surface area contributed by atoms with E-state index in [-0.39, 0.29) is 5.78 Å². The summed E-state index contributed by atoms with van der Waals surface area (Å²) in [5.74, 6) is 0.691. The number of methoxy groups -OCH3 is 1. The third kappa shape index (κ3) is 3.07. The fraction of sp³-hybridized carbons (Fsp3) is 0.462. The van der Waals surface area contributed by atoms with Gasteiger partial charge in [0.25, 0.3) is 0 Å². The zero-order valence-corrected chi connectivity index (χ0v) is 10.0. The summed E-state index contributed by atoms with van der Waals surface area (Å²) in [5.41, 5.74) is 0.797. The van der Waals surface area contributed by atoms with Crippen molar-refractivity contribution in [2.45, 2.75) is 26.4 Å². The molecule has 1 atom stereocenters. The van der Waals surface area contributed by atoms with Crippen molar-refractivity contribution in [3.05, 3.63) is 29.8 Å². The van der Waals surface area contributed by atoms with E-state index in [4.69, 9.17) is 9.47 Å². The number of benzene rings is 1. The van der Waals surface area contributed by atoms with Gasteiger partial charge in [-0.2, -0.15) is 0 Å². The number of hydrogen-bond donors (Lipinski definition) is 0. The minimum absolute atomic E-state index is 0.00190. The predicted octanol–water partition coefficient (Wildman–Crippen LogP) is 2.75. The van der Waals surface area contributed by atoms with Crippen molar-refractivity contribution in [2.75, 3.05) is 13.7 Å². The Hall–Kier alpha value is -1.35. The molecule has 0 heterocycles. The molecule has 0 radical (unpaired) electrons. The van der Waals surface area contributed by atoms with E-state index in [1.165, 1.54) is 6.92 Å². The van der Waals surface area contributed by atoms with Crippen LogP contribution in [0.2, 0.25) is 0 Å². The molecule has 0 spiro atoms. The van der Waals surface area contributed by atoms with E-state index in [2.05, 4.69) is 0 Å². The van der Waals surface area contributed by atoms with Gasteiger partial charge >= 0.3 is 0 Å². The number of ether oxygens (including phenoxy) is 2. The second-order valence-electron chi connectivity index (χ2n) is 3.60. The lowest BCUT2D eigenvalue weighted by Gasteiger charge is -2.17. The molecule has 0 aromatic heterocycles. The maximum Gasteiger partial charge on any atom is 0.163 e. The normalized spacial score (nSPS) is 12.2. The average Bonchev–Trinajstić information content (AvgIpc) is 2.29. The summed E-state index contributed by atoms with van der Waals surface area (Å²) < 4.78 is 10.8. The highest BCUT2D eigenvalue weighted by Crippen LogP contribution is 2.28. The lowest BCUT2D eigenvalue weighted by molar-refractivity contribution is -0.128. The number of para-hydroxylation sites is 1. The molecule has 0 aliphatic heterocycles. The molecule has 1 unspecified atom stereocenters. The molecule has 0 bridgehead atoms. The smallest absolute Gasteiger partial charge is 0.163 e. The van der Waals surface area contributed by atoms with Gasteiger partial charge in [0.05, 0.1) is 7.11 Å². The van der Waals surface area contributed by atoms with Gasteiger partial charge in [0.2, 0.25) is 0 Å². The Labute approximate surface area is 96.4 Å². The lowest BCUT2D eigenvalue weighted by atomic mass is 10.1. The highest BCUT2D eigenvalue weighted by molar-refractivity contribution is 5.82. The largest absolute Gasteiger partial charge is 0.496 e. The van der Waals surface area contributed by atoms with E-state index in [1.807, 2.05) is 31.2 Å². The Morgan fingerprint density at radius 1 is 1.38 bits per heavy atom. The quantitative estimate of drug-likeness (QED) is 0.742. The van der Waals surface area contributed by atoms with E-state index >= 15 is 0 Å². The number of Topliss-reactive ketones (excluding diaryl/α,β-unsaturated/α-hetero) is 1. The van der Waals surface area contributed by atoms with Gasteiger partial charge < -0.3 is 9.47 Å². The van der Waals surface area contributed by atoms with Crippen molar-refractivity contribution in [1.82, 2.24) is 0 Å². The standard InChI is InChI=1S/C13H18O3/c1-4-9-16-13(10(2)14)11-7-5-6-8-12(11)15-3/h5-8,13H,4,9H2,1-3H3. The van der Waals surface area contributed by atoms with Crippen LogP contribution in [0.1, 0.15) is 31.9 Å². The molecule has 0 saturated carbocycles. The highest BCUT2D eigenvalue weighted by Gasteiger charge is 2.20. The zero-order chi connectivity index (χ0) is 12.0. The Kier molecular flexibility index (Phi) is 4.99. The molecule has 0 fully saturated rings. The Morgan fingerprint density at radius 2 is 2.06 bits per heavy atom. The van der Waals surface area contributed by atoms with Crippen LogP contribution in [0.4, 0.5) is 0 Å². The fourth-order valence-corrected chi connectivity index (χ4v) is 1.54. The number of carbonyl (C=O) groups is 1. The summed E-state index contributed by atoms with van der Waals surface area (Å²) >= 11 is 0. The van der Waals surface area contributed by atoms with Crippen LogP contribution < -0.4 is 4.74 Å². The van der Waals surface area contributed by atoms with Crippen molar-refractivity contribution in [3.8, 4) is 5.75 Å². The van der Waals surface area contributed by atoms with Gasteiger partial charge in [-0.3, -0.25) is 4.79 Å². The molecule has 0 aliphatic carbocycles. The summed E-state index contributed by atoms with van der Waals surface area (Å²) in [6, 6.07) is 7.45. The second kappa shape index (κ2) is 6.28. The molecule has 3 heteroatoms. The van der Waals surface area contributed by atoms with Gasteiger partial charge in [0.1, 0.15) is 11.9 Å². The van der Waals surface area contributed by atoms with Crippen LogP contribution in [-0.2, 0) is 9.53 Å². The van der Waals surface area contributed by atoms with Crippen LogP contribution in [0.15, 0.2) is 24.3 Å². The zero-order valence-electron chi connectivity index (χ0n) is 10.0. The molecule has 16 heavy (non-hydrogen) atoms. The van der Waals surface area contributed by atoms with Gasteiger partial charge in [-0.1, -0.05) is 25.1 Å². The van der Waals surface area contributed by atoms with E-state index in [1.54, 1.807) is 7.11 Å². The summed E-state index contributed by atoms with van der Waals surface area (Å²) in [4.78, 5) is 11.5. The first-order valence-corrected chi connectivity index (χ1v) is 5.45. The van der Waals surface area contributed by atoms with Crippen molar-refractivity contribution >= 4 is 5.78 Å². The van der Waals surface area contributed by atoms with Crippen molar-refractivity contribution in [2.24, 2.45) is 0 Å². The maximum atomic E-state index is 11.5. The monoisotopic (exact) mass is 222 g/mol. The van der Waals surface area contributed by atoms with Gasteiger partial charge in [0.15, 0.2) is 5.78 Å². The molecule has 1 aromatic carbocycles. The maximum absolute atomic E-state index is 11.5. The predicted molar refractivity (Wildman–Crippen MR) is 62.7 cm³/mol. The molecule has 0 amide bonds. The number of rotatable bonds is 6. The third-order valence-electron chi connectivity index (χ3n) is 2.28. The van der Waals surface area contributed by atoms with Gasteiger partial charge in [-0.15, -0.1) is 0 Å². The topological polar surface area (TPSA) is 35.5 Å². The summed E-state index contributed by atoms with van der Waals surface area (Å²) in [6.07, 6.45) is 0.370. The molecule has 0 saturated heterocycles. The molecule has 88 valence electrons. The lowest BCUT2D eigenvalue weighted by Crippen LogP contribution is -2.14. The van der Waals surface area contributed by atoms with Crippen molar-refractivity contribution in [1.29, 1.82) is 0 Å². The first kappa shape index (κ1) is 12.7. The Morgan fingerprint density at radius 3 is 2.62 bits per heavy atom. The van der Waals surface area contributed by atoms with E-state index in [9.17, 15) is 4.79 Å². The van der Waals surface area contributed by atoms with Crippen LogP contribution >= 0.6 is 0 Å². The molecule has 1 aromatic rings. The average molecular weight is 222 g/mol. The first-order chi connectivity index (χ1) is 7.70. The third-order valence-corrected chi connectivity index (χ3v) is 2.28. The summed E-state index contributed by atoms with van der Waals surface area (Å²) in [7, 11) is 1.59. The SMILES string of the molecule is CCCOC(C(C)=O)c1ccccc1OC. The van der Waals surface area contributed by atoms with Crippen LogP contribution in [-0.4, -0.2) is 19.5 Å². The van der Waals surface area contributed by atoms with Crippen LogP contribution in [0, 0.1) is 0 Å². The van der Waals surface area contributed by atoms with Crippen LogP contribution in [0.25, 0.3) is 0 Å². The van der Waals surface area contributed by atoms with Gasteiger partial charge in [0, 0.05) is 12.2 Å². The summed E-state index contributed by atoms with van der Waals surface area (Å²) in [6.45, 7) is 4.12. The van der Waals surface area contributed by atoms with Gasteiger partial charge in [-0.05, 0) is 19.4 Å². The molecular weight excluding hydrogens is 204 g/mol. The minimum atomic E-state index is -0.518. The Balaban J connectivity index is 2.95. The van der Waals surface area contributed by atoms with E-state index in [0.29, 0.717) is 12.4 Å².